The van der Waals surface area contributed by atoms with Crippen LogP contribution >= 0.6 is 0 Å². The molecule has 0 aliphatic heterocycles. The molecule has 0 radical (unpaired) electrons. The van der Waals surface area contributed by atoms with E-state index in [0.29, 0.717) is 24.3 Å². The van der Waals surface area contributed by atoms with E-state index in [1.165, 1.54) is 7.11 Å². The van der Waals surface area contributed by atoms with E-state index in [2.05, 4.69) is 13.8 Å². The van der Waals surface area contributed by atoms with Gasteiger partial charge in [0.25, 0.3) is 0 Å². The van der Waals surface area contributed by atoms with E-state index in [1.54, 1.807) is 12.1 Å². The summed E-state index contributed by atoms with van der Waals surface area (Å²) in [5.41, 5.74) is 0.664. The lowest BCUT2D eigenvalue weighted by molar-refractivity contribution is -0.147. The van der Waals surface area contributed by atoms with Gasteiger partial charge in [0.05, 0.1) is 13.0 Å². The van der Waals surface area contributed by atoms with Crippen LogP contribution in [0.2, 0.25) is 0 Å². The first-order chi connectivity index (χ1) is 9.51. The Balaban J connectivity index is 3.00. The van der Waals surface area contributed by atoms with Gasteiger partial charge in [-0.2, -0.15) is 0 Å². The molecule has 0 heterocycles. The van der Waals surface area contributed by atoms with Crippen LogP contribution in [0.25, 0.3) is 0 Å². The molecule has 0 amide bonds. The number of rotatable bonds is 7. The standard InChI is InChI=1S/C17H24O3/c1-5-14(15(11-12(2)3)17(19)20-4)16(18)13-9-7-6-8-10-13/h6-10,12,14-15H,5,11H2,1-4H3. The fraction of sp³-hybridized carbons (Fsp3) is 0.529. The molecule has 0 aromatic heterocycles. The highest BCUT2D eigenvalue weighted by Crippen LogP contribution is 2.28. The summed E-state index contributed by atoms with van der Waals surface area (Å²) in [6.07, 6.45) is 1.31. The van der Waals surface area contributed by atoms with Gasteiger partial charge in [-0.05, 0) is 18.8 Å². The number of esters is 1. The summed E-state index contributed by atoms with van der Waals surface area (Å²) in [7, 11) is 1.38. The van der Waals surface area contributed by atoms with Crippen molar-refractivity contribution in [2.75, 3.05) is 7.11 Å². The molecule has 110 valence electrons. The first-order valence-electron chi connectivity index (χ1n) is 7.18. The molecular formula is C17H24O3. The zero-order valence-corrected chi connectivity index (χ0v) is 12.8. The number of ether oxygens (including phenoxy) is 1. The van der Waals surface area contributed by atoms with E-state index in [1.807, 2.05) is 25.1 Å². The van der Waals surface area contributed by atoms with Crippen LogP contribution < -0.4 is 0 Å². The van der Waals surface area contributed by atoms with Gasteiger partial charge in [0, 0.05) is 11.5 Å². The SMILES string of the molecule is CCC(C(=O)c1ccccc1)C(CC(C)C)C(=O)OC. The third kappa shape index (κ3) is 4.19. The fourth-order valence-corrected chi connectivity index (χ4v) is 2.55. The molecule has 0 saturated carbocycles. The van der Waals surface area contributed by atoms with Crippen molar-refractivity contribution >= 4 is 11.8 Å². The Morgan fingerprint density at radius 2 is 1.70 bits per heavy atom. The molecular weight excluding hydrogens is 252 g/mol. The van der Waals surface area contributed by atoms with Crippen LogP contribution in [0.15, 0.2) is 30.3 Å². The molecule has 1 rings (SSSR count). The van der Waals surface area contributed by atoms with Crippen LogP contribution in [0.5, 0.6) is 0 Å². The van der Waals surface area contributed by atoms with Crippen molar-refractivity contribution in [2.45, 2.75) is 33.6 Å². The highest BCUT2D eigenvalue weighted by Gasteiger charge is 2.33. The predicted octanol–water partition coefficient (Wildman–Crippen LogP) is 3.73. The first-order valence-corrected chi connectivity index (χ1v) is 7.18. The quantitative estimate of drug-likeness (QED) is 0.563. The maximum Gasteiger partial charge on any atom is 0.309 e. The van der Waals surface area contributed by atoms with Crippen molar-refractivity contribution in [3.8, 4) is 0 Å². The largest absolute Gasteiger partial charge is 0.469 e. The second-order valence-electron chi connectivity index (χ2n) is 5.50. The topological polar surface area (TPSA) is 43.4 Å². The van der Waals surface area contributed by atoms with E-state index in [-0.39, 0.29) is 23.6 Å². The minimum Gasteiger partial charge on any atom is -0.469 e. The summed E-state index contributed by atoms with van der Waals surface area (Å²) in [6.45, 7) is 6.05. The van der Waals surface area contributed by atoms with E-state index < -0.39 is 0 Å². The van der Waals surface area contributed by atoms with Gasteiger partial charge in [-0.15, -0.1) is 0 Å². The van der Waals surface area contributed by atoms with Gasteiger partial charge in [0.2, 0.25) is 0 Å². The molecule has 2 atom stereocenters. The van der Waals surface area contributed by atoms with E-state index in [4.69, 9.17) is 4.74 Å². The summed E-state index contributed by atoms with van der Waals surface area (Å²) in [5.74, 6) is -0.583. The number of methoxy groups -OCH3 is 1. The number of carbonyl (C=O) groups is 2. The summed E-state index contributed by atoms with van der Waals surface area (Å²) >= 11 is 0. The highest BCUT2D eigenvalue weighted by molar-refractivity contribution is 5.99. The van der Waals surface area contributed by atoms with Crippen LogP contribution in [0.4, 0.5) is 0 Å². The van der Waals surface area contributed by atoms with Crippen molar-refractivity contribution in [1.82, 2.24) is 0 Å². The average molecular weight is 276 g/mol. The second kappa shape index (κ2) is 7.83. The highest BCUT2D eigenvalue weighted by atomic mass is 16.5. The van der Waals surface area contributed by atoms with Crippen molar-refractivity contribution in [2.24, 2.45) is 17.8 Å². The van der Waals surface area contributed by atoms with Crippen LogP contribution in [-0.2, 0) is 9.53 Å². The Kier molecular flexibility index (Phi) is 6.43. The van der Waals surface area contributed by atoms with Gasteiger partial charge in [-0.3, -0.25) is 9.59 Å². The molecule has 0 aliphatic rings. The average Bonchev–Trinajstić information content (AvgIpc) is 2.46. The van der Waals surface area contributed by atoms with E-state index in [9.17, 15) is 9.59 Å². The molecule has 3 nitrogen and oxygen atoms in total. The maximum absolute atomic E-state index is 12.6. The Hall–Kier alpha value is -1.64. The number of hydrogen-bond acceptors (Lipinski definition) is 3. The van der Waals surface area contributed by atoms with Crippen LogP contribution in [0, 0.1) is 17.8 Å². The summed E-state index contributed by atoms with van der Waals surface area (Å²) in [5, 5.41) is 0. The lowest BCUT2D eigenvalue weighted by atomic mass is 9.79. The minimum atomic E-state index is -0.363. The normalized spacial score (nSPS) is 13.8. The number of Topliss-reactive ketones (excluding diaryl/α,β-unsaturated/α-hetero) is 1. The lowest BCUT2D eigenvalue weighted by Gasteiger charge is -2.24. The Morgan fingerprint density at radius 3 is 2.15 bits per heavy atom. The third-order valence-electron chi connectivity index (χ3n) is 3.55. The summed E-state index contributed by atoms with van der Waals surface area (Å²) in [6, 6.07) is 9.16. The van der Waals surface area contributed by atoms with E-state index in [0.717, 1.165) is 0 Å². The Labute approximate surface area is 121 Å². The monoisotopic (exact) mass is 276 g/mol. The summed E-state index contributed by atoms with van der Waals surface area (Å²) in [4.78, 5) is 24.6. The number of benzene rings is 1. The number of carbonyl (C=O) groups excluding carboxylic acids is 2. The van der Waals surface area contributed by atoms with Gasteiger partial charge in [-0.1, -0.05) is 51.1 Å². The van der Waals surface area contributed by atoms with Crippen LogP contribution in [0.1, 0.15) is 44.0 Å². The van der Waals surface area contributed by atoms with Gasteiger partial charge in [-0.25, -0.2) is 0 Å². The minimum absolute atomic E-state index is 0.0316. The van der Waals surface area contributed by atoms with Gasteiger partial charge in [0.1, 0.15) is 0 Å². The molecule has 0 spiro atoms. The molecule has 20 heavy (non-hydrogen) atoms. The molecule has 0 N–H and O–H groups in total. The maximum atomic E-state index is 12.6. The van der Waals surface area contributed by atoms with Crippen molar-refractivity contribution < 1.29 is 14.3 Å². The smallest absolute Gasteiger partial charge is 0.309 e. The Bertz CT molecular complexity index is 437. The van der Waals surface area contributed by atoms with Crippen LogP contribution in [-0.4, -0.2) is 18.9 Å². The van der Waals surface area contributed by atoms with Gasteiger partial charge < -0.3 is 4.74 Å². The lowest BCUT2D eigenvalue weighted by Crippen LogP contribution is -2.31. The molecule has 1 aromatic carbocycles. The second-order valence-corrected chi connectivity index (χ2v) is 5.50. The molecule has 0 saturated heterocycles. The molecule has 0 aliphatic carbocycles. The zero-order chi connectivity index (χ0) is 15.1. The Morgan fingerprint density at radius 1 is 1.10 bits per heavy atom. The van der Waals surface area contributed by atoms with Crippen molar-refractivity contribution in [1.29, 1.82) is 0 Å². The predicted molar refractivity (Wildman–Crippen MR) is 79.5 cm³/mol. The fourth-order valence-electron chi connectivity index (χ4n) is 2.55. The number of hydrogen-bond donors (Lipinski definition) is 0. The van der Waals surface area contributed by atoms with Gasteiger partial charge >= 0.3 is 5.97 Å². The molecule has 1 aromatic rings. The van der Waals surface area contributed by atoms with Crippen molar-refractivity contribution in [3.63, 3.8) is 0 Å². The van der Waals surface area contributed by atoms with E-state index >= 15 is 0 Å². The zero-order valence-electron chi connectivity index (χ0n) is 12.8. The molecule has 2 unspecified atom stereocenters. The third-order valence-corrected chi connectivity index (χ3v) is 3.55. The first kappa shape index (κ1) is 16.4. The van der Waals surface area contributed by atoms with Crippen molar-refractivity contribution in [3.05, 3.63) is 35.9 Å². The molecule has 0 bridgehead atoms. The number of ketones is 1. The van der Waals surface area contributed by atoms with Gasteiger partial charge in [0.15, 0.2) is 5.78 Å². The van der Waals surface area contributed by atoms with Crippen LogP contribution in [0.3, 0.4) is 0 Å². The molecule has 0 fully saturated rings. The summed E-state index contributed by atoms with van der Waals surface area (Å²) < 4.78 is 4.89. The molecule has 3 heteroatoms.